The van der Waals surface area contributed by atoms with Gasteiger partial charge in [0.15, 0.2) is 5.78 Å². The van der Waals surface area contributed by atoms with Gasteiger partial charge in [0.2, 0.25) is 0 Å². The van der Waals surface area contributed by atoms with Gasteiger partial charge in [-0.25, -0.2) is 4.79 Å². The summed E-state index contributed by atoms with van der Waals surface area (Å²) in [5, 5.41) is 0. The lowest BCUT2D eigenvalue weighted by Gasteiger charge is -2.02. The predicted molar refractivity (Wildman–Crippen MR) is 68.7 cm³/mol. The normalized spacial score (nSPS) is 18.1. The van der Waals surface area contributed by atoms with Crippen molar-refractivity contribution in [1.82, 2.24) is 0 Å². The van der Waals surface area contributed by atoms with Crippen molar-refractivity contribution in [1.29, 1.82) is 0 Å². The second kappa shape index (κ2) is 5.17. The number of carbonyl (C=O) groups is 2. The van der Waals surface area contributed by atoms with E-state index in [2.05, 4.69) is 4.74 Å². The van der Waals surface area contributed by atoms with Gasteiger partial charge in [0, 0.05) is 11.5 Å². The first-order valence-electron chi connectivity index (χ1n) is 6.04. The maximum atomic E-state index is 12.2. The summed E-state index contributed by atoms with van der Waals surface area (Å²) in [4.78, 5) is 23.6. The van der Waals surface area contributed by atoms with Gasteiger partial charge in [0.1, 0.15) is 0 Å². The van der Waals surface area contributed by atoms with Crippen molar-refractivity contribution >= 4 is 11.8 Å². The molecule has 2 rings (SSSR count). The molecule has 0 aliphatic heterocycles. The Morgan fingerprint density at radius 3 is 2.94 bits per heavy atom. The van der Waals surface area contributed by atoms with Crippen LogP contribution >= 0.6 is 0 Å². The van der Waals surface area contributed by atoms with Crippen LogP contribution in [0.25, 0.3) is 0 Å². The minimum Gasteiger partial charge on any atom is -0.465 e. The fourth-order valence-corrected chi connectivity index (χ4v) is 2.30. The van der Waals surface area contributed by atoms with Gasteiger partial charge < -0.3 is 4.74 Å². The van der Waals surface area contributed by atoms with Crippen molar-refractivity contribution in [3.05, 3.63) is 47.0 Å². The second-order valence-corrected chi connectivity index (χ2v) is 4.43. The third kappa shape index (κ3) is 2.21. The number of ether oxygens (including phenoxy) is 1. The molecule has 0 saturated heterocycles. The van der Waals surface area contributed by atoms with Crippen LogP contribution < -0.4 is 0 Å². The zero-order valence-electron chi connectivity index (χ0n) is 10.6. The number of rotatable bonds is 3. The summed E-state index contributed by atoms with van der Waals surface area (Å²) in [6, 6.07) is 5.23. The number of fused-ring (bicyclic) bond motifs is 1. The fourth-order valence-electron chi connectivity index (χ4n) is 2.30. The van der Waals surface area contributed by atoms with Gasteiger partial charge >= 0.3 is 5.97 Å². The number of esters is 1. The van der Waals surface area contributed by atoms with E-state index in [1.54, 1.807) is 12.1 Å². The molecule has 1 aromatic carbocycles. The van der Waals surface area contributed by atoms with Gasteiger partial charge in [0.25, 0.3) is 0 Å². The Bertz CT molecular complexity index is 514. The fraction of sp³-hybridized carbons (Fsp3) is 0.333. The molecule has 3 heteroatoms. The number of hydrogen-bond acceptors (Lipinski definition) is 3. The largest absolute Gasteiger partial charge is 0.465 e. The van der Waals surface area contributed by atoms with E-state index in [-0.39, 0.29) is 11.7 Å². The highest BCUT2D eigenvalue weighted by atomic mass is 16.5. The molecule has 0 aromatic heterocycles. The highest BCUT2D eigenvalue weighted by Crippen LogP contribution is 2.30. The van der Waals surface area contributed by atoms with Crippen LogP contribution in [0.4, 0.5) is 0 Å². The Balaban J connectivity index is 2.27. The van der Waals surface area contributed by atoms with Crippen LogP contribution in [0.15, 0.2) is 30.4 Å². The molecule has 0 heterocycles. The molecule has 18 heavy (non-hydrogen) atoms. The highest BCUT2D eigenvalue weighted by molar-refractivity contribution is 6.04. The average molecular weight is 244 g/mol. The summed E-state index contributed by atoms with van der Waals surface area (Å²) < 4.78 is 4.66. The molecular formula is C15H16O3. The lowest BCUT2D eigenvalue weighted by molar-refractivity contribution is 0.0600. The zero-order valence-corrected chi connectivity index (χ0v) is 10.6. The summed E-state index contributed by atoms with van der Waals surface area (Å²) in [7, 11) is 1.34. The van der Waals surface area contributed by atoms with Crippen LogP contribution in [0.2, 0.25) is 0 Å². The molecule has 1 atom stereocenters. The summed E-state index contributed by atoms with van der Waals surface area (Å²) in [5.41, 5.74) is 2.14. The molecule has 94 valence electrons. The van der Waals surface area contributed by atoms with E-state index >= 15 is 0 Å². The molecule has 0 amide bonds. The van der Waals surface area contributed by atoms with Crippen molar-refractivity contribution < 1.29 is 14.3 Å². The minimum absolute atomic E-state index is 0.0177. The van der Waals surface area contributed by atoms with Gasteiger partial charge in [-0.2, -0.15) is 0 Å². The van der Waals surface area contributed by atoms with Crippen LogP contribution in [-0.4, -0.2) is 18.9 Å². The van der Waals surface area contributed by atoms with Crippen molar-refractivity contribution in [2.24, 2.45) is 5.92 Å². The molecule has 0 bridgehead atoms. The molecule has 1 aliphatic rings. The number of Topliss-reactive ketones (excluding diaryl/α,β-unsaturated/α-hetero) is 1. The predicted octanol–water partition coefficient (Wildman–Crippen LogP) is 2.79. The number of ketones is 1. The van der Waals surface area contributed by atoms with Crippen molar-refractivity contribution in [3.8, 4) is 0 Å². The lowest BCUT2D eigenvalue weighted by Crippen LogP contribution is -2.08. The summed E-state index contributed by atoms with van der Waals surface area (Å²) in [6.45, 7) is 1.95. The van der Waals surface area contributed by atoms with E-state index in [9.17, 15) is 9.59 Å². The molecule has 3 nitrogen and oxygen atoms in total. The number of benzene rings is 1. The summed E-state index contributed by atoms with van der Waals surface area (Å²) in [5.74, 6) is -0.250. The van der Waals surface area contributed by atoms with Gasteiger partial charge in [-0.1, -0.05) is 18.2 Å². The number of allylic oxidation sites excluding steroid dienone is 2. The van der Waals surface area contributed by atoms with Crippen LogP contribution in [0.3, 0.4) is 0 Å². The van der Waals surface area contributed by atoms with Crippen LogP contribution in [0, 0.1) is 5.92 Å². The Hall–Kier alpha value is -1.90. The van der Waals surface area contributed by atoms with E-state index < -0.39 is 5.97 Å². The minimum atomic E-state index is -0.400. The molecular weight excluding hydrogens is 228 g/mol. The molecule has 0 saturated carbocycles. The average Bonchev–Trinajstić information content (AvgIpc) is 2.72. The van der Waals surface area contributed by atoms with E-state index in [4.69, 9.17) is 0 Å². The van der Waals surface area contributed by atoms with Gasteiger partial charge in [-0.05, 0) is 37.5 Å². The second-order valence-electron chi connectivity index (χ2n) is 4.43. The smallest absolute Gasteiger partial charge is 0.337 e. The van der Waals surface area contributed by atoms with Gasteiger partial charge in [-0.15, -0.1) is 0 Å². The van der Waals surface area contributed by atoms with Crippen LogP contribution in [-0.2, 0) is 11.2 Å². The Morgan fingerprint density at radius 1 is 1.50 bits per heavy atom. The maximum absolute atomic E-state index is 12.2. The Kier molecular flexibility index (Phi) is 3.60. The zero-order chi connectivity index (χ0) is 13.1. The number of hydrogen-bond donors (Lipinski definition) is 0. The Morgan fingerprint density at radius 2 is 2.28 bits per heavy atom. The lowest BCUT2D eigenvalue weighted by atomic mass is 10.0. The van der Waals surface area contributed by atoms with Crippen molar-refractivity contribution in [2.75, 3.05) is 7.11 Å². The highest BCUT2D eigenvalue weighted by Gasteiger charge is 2.30. The van der Waals surface area contributed by atoms with E-state index in [1.165, 1.54) is 7.11 Å². The molecule has 1 unspecified atom stereocenters. The van der Waals surface area contributed by atoms with Gasteiger partial charge in [-0.3, -0.25) is 4.79 Å². The topological polar surface area (TPSA) is 43.4 Å². The molecule has 1 aromatic rings. The molecule has 0 fully saturated rings. The van der Waals surface area contributed by atoms with Crippen molar-refractivity contribution in [2.45, 2.75) is 19.8 Å². The van der Waals surface area contributed by atoms with Crippen LogP contribution in [0.5, 0.6) is 0 Å². The number of methoxy groups -OCH3 is 1. The van der Waals surface area contributed by atoms with Crippen LogP contribution in [0.1, 0.15) is 39.6 Å². The van der Waals surface area contributed by atoms with E-state index in [1.807, 2.05) is 25.1 Å². The van der Waals surface area contributed by atoms with Gasteiger partial charge in [0.05, 0.1) is 12.7 Å². The maximum Gasteiger partial charge on any atom is 0.337 e. The molecule has 0 radical (unpaired) electrons. The number of carbonyl (C=O) groups excluding carboxylic acids is 2. The third-order valence-electron chi connectivity index (χ3n) is 3.29. The summed E-state index contributed by atoms with van der Waals surface area (Å²) >= 11 is 0. The third-order valence-corrected chi connectivity index (χ3v) is 3.29. The molecule has 0 spiro atoms. The first kappa shape index (κ1) is 12.6. The first-order valence-corrected chi connectivity index (χ1v) is 6.04. The standard InChI is InChI=1S/C15H16O3/c1-3-4-5-11-8-10-6-7-12(15(17)18-2)9-13(10)14(11)16/h3-4,6-7,9,11H,5,8H2,1-2H3. The monoisotopic (exact) mass is 244 g/mol. The quantitative estimate of drug-likeness (QED) is 0.606. The summed E-state index contributed by atoms with van der Waals surface area (Å²) in [6.07, 6.45) is 5.49. The molecule has 0 N–H and O–H groups in total. The van der Waals surface area contributed by atoms with E-state index in [0.29, 0.717) is 11.1 Å². The first-order chi connectivity index (χ1) is 8.67. The Labute approximate surface area is 106 Å². The molecule has 1 aliphatic carbocycles. The van der Waals surface area contributed by atoms with E-state index in [0.717, 1.165) is 18.4 Å². The SMILES string of the molecule is CC=CCC1Cc2ccc(C(=O)OC)cc2C1=O. The van der Waals surface area contributed by atoms with Crippen molar-refractivity contribution in [3.63, 3.8) is 0 Å².